The second kappa shape index (κ2) is 10.6. The predicted octanol–water partition coefficient (Wildman–Crippen LogP) is 2.71. The fourth-order valence-electron chi connectivity index (χ4n) is 2.31. The number of hydrogen-bond donors (Lipinski definition) is 1. The lowest BCUT2D eigenvalue weighted by atomic mass is 10.1. The van der Waals surface area contributed by atoms with Crippen LogP contribution in [0.1, 0.15) is 17.5 Å². The number of carbonyl (C=O) groups excluding carboxylic acids is 1. The highest BCUT2D eigenvalue weighted by Crippen LogP contribution is 2.12. The zero-order valence-corrected chi connectivity index (χ0v) is 14.3. The SMILES string of the molecule is COC(=O)C[C@H](OCc1ccccc1)[C@H](O)COCc1ccccc1. The van der Waals surface area contributed by atoms with Crippen molar-refractivity contribution in [3.8, 4) is 0 Å². The molecule has 0 heterocycles. The van der Waals surface area contributed by atoms with Gasteiger partial charge in [-0.05, 0) is 11.1 Å². The number of aliphatic hydroxyl groups excluding tert-OH is 1. The third-order valence-corrected chi connectivity index (χ3v) is 3.73. The normalized spacial score (nSPS) is 13.2. The molecule has 0 aromatic heterocycles. The van der Waals surface area contributed by atoms with Crippen molar-refractivity contribution in [2.75, 3.05) is 13.7 Å². The average Bonchev–Trinajstić information content (AvgIpc) is 2.66. The Morgan fingerprint density at radius 2 is 1.52 bits per heavy atom. The number of carbonyl (C=O) groups is 1. The molecule has 0 spiro atoms. The highest BCUT2D eigenvalue weighted by atomic mass is 16.5. The summed E-state index contributed by atoms with van der Waals surface area (Å²) in [6.45, 7) is 0.769. The lowest BCUT2D eigenvalue weighted by molar-refractivity contribution is -0.149. The monoisotopic (exact) mass is 344 g/mol. The quantitative estimate of drug-likeness (QED) is 0.672. The molecule has 134 valence electrons. The first-order chi connectivity index (χ1) is 12.2. The molecule has 2 aromatic rings. The zero-order valence-electron chi connectivity index (χ0n) is 14.3. The maximum Gasteiger partial charge on any atom is 0.308 e. The molecular formula is C20H24O5. The molecule has 1 N–H and O–H groups in total. The van der Waals surface area contributed by atoms with Gasteiger partial charge in [-0.2, -0.15) is 0 Å². The second-order valence-electron chi connectivity index (χ2n) is 5.68. The van der Waals surface area contributed by atoms with Crippen molar-refractivity contribution >= 4 is 5.97 Å². The minimum absolute atomic E-state index is 0.0286. The van der Waals surface area contributed by atoms with Crippen LogP contribution in [0.4, 0.5) is 0 Å². The predicted molar refractivity (Wildman–Crippen MR) is 93.8 cm³/mol. The molecule has 0 radical (unpaired) electrons. The van der Waals surface area contributed by atoms with Crippen LogP contribution in [0.25, 0.3) is 0 Å². The topological polar surface area (TPSA) is 65.0 Å². The van der Waals surface area contributed by atoms with Gasteiger partial charge < -0.3 is 19.3 Å². The van der Waals surface area contributed by atoms with E-state index in [0.29, 0.717) is 13.2 Å². The largest absolute Gasteiger partial charge is 0.469 e. The van der Waals surface area contributed by atoms with Gasteiger partial charge in [0.2, 0.25) is 0 Å². The van der Waals surface area contributed by atoms with E-state index in [2.05, 4.69) is 4.74 Å². The molecule has 2 aromatic carbocycles. The van der Waals surface area contributed by atoms with Crippen LogP contribution in [0.5, 0.6) is 0 Å². The molecular weight excluding hydrogens is 320 g/mol. The smallest absolute Gasteiger partial charge is 0.308 e. The maximum absolute atomic E-state index is 11.6. The Morgan fingerprint density at radius 3 is 2.08 bits per heavy atom. The molecule has 0 bridgehead atoms. The van der Waals surface area contributed by atoms with Crippen LogP contribution >= 0.6 is 0 Å². The van der Waals surface area contributed by atoms with Crippen molar-refractivity contribution < 1.29 is 24.1 Å². The molecule has 0 saturated heterocycles. The minimum Gasteiger partial charge on any atom is -0.469 e. The number of methoxy groups -OCH3 is 1. The molecule has 2 atom stereocenters. The zero-order chi connectivity index (χ0) is 17.9. The number of esters is 1. The Hall–Kier alpha value is -2.21. The van der Waals surface area contributed by atoms with E-state index < -0.39 is 18.2 Å². The van der Waals surface area contributed by atoms with Crippen LogP contribution in [-0.2, 0) is 32.2 Å². The summed E-state index contributed by atoms with van der Waals surface area (Å²) in [4.78, 5) is 11.6. The molecule has 0 aliphatic rings. The van der Waals surface area contributed by atoms with E-state index in [1.807, 2.05) is 60.7 Å². The Labute approximate surface area is 148 Å². The first-order valence-electron chi connectivity index (χ1n) is 8.21. The van der Waals surface area contributed by atoms with Crippen molar-refractivity contribution in [1.29, 1.82) is 0 Å². The summed E-state index contributed by atoms with van der Waals surface area (Å²) < 4.78 is 16.0. The van der Waals surface area contributed by atoms with Crippen molar-refractivity contribution in [3.63, 3.8) is 0 Å². The number of hydrogen-bond acceptors (Lipinski definition) is 5. The molecule has 25 heavy (non-hydrogen) atoms. The highest BCUT2D eigenvalue weighted by molar-refractivity contribution is 5.69. The van der Waals surface area contributed by atoms with E-state index in [0.717, 1.165) is 11.1 Å². The summed E-state index contributed by atoms with van der Waals surface area (Å²) in [5.74, 6) is -0.430. The fourth-order valence-corrected chi connectivity index (χ4v) is 2.31. The number of rotatable bonds is 10. The highest BCUT2D eigenvalue weighted by Gasteiger charge is 2.24. The molecule has 0 fully saturated rings. The van der Waals surface area contributed by atoms with E-state index in [1.165, 1.54) is 7.11 Å². The van der Waals surface area contributed by atoms with Crippen LogP contribution in [0.3, 0.4) is 0 Å². The van der Waals surface area contributed by atoms with Crippen LogP contribution in [-0.4, -0.2) is 37.0 Å². The summed E-state index contributed by atoms with van der Waals surface area (Å²) in [5, 5.41) is 10.4. The van der Waals surface area contributed by atoms with E-state index in [4.69, 9.17) is 9.47 Å². The third kappa shape index (κ3) is 7.05. The summed E-state index contributed by atoms with van der Waals surface area (Å²) in [6, 6.07) is 19.3. The summed E-state index contributed by atoms with van der Waals surface area (Å²) in [6.07, 6.45) is -1.64. The van der Waals surface area contributed by atoms with Gasteiger partial charge in [-0.15, -0.1) is 0 Å². The lowest BCUT2D eigenvalue weighted by Crippen LogP contribution is -2.35. The number of aliphatic hydroxyl groups is 1. The van der Waals surface area contributed by atoms with Crippen LogP contribution in [0, 0.1) is 0 Å². The minimum atomic E-state index is -0.925. The molecule has 0 aliphatic heterocycles. The molecule has 2 rings (SSSR count). The van der Waals surface area contributed by atoms with Gasteiger partial charge in [-0.3, -0.25) is 4.79 Å². The Balaban J connectivity index is 1.85. The van der Waals surface area contributed by atoms with E-state index in [1.54, 1.807) is 0 Å². The van der Waals surface area contributed by atoms with Crippen molar-refractivity contribution in [2.45, 2.75) is 31.8 Å². The standard InChI is InChI=1S/C20H24O5/c1-23-20(22)12-19(25-14-17-10-6-3-7-11-17)18(21)15-24-13-16-8-4-2-5-9-16/h2-11,18-19,21H,12-15H2,1H3/t18-,19+/m1/s1. The molecule has 0 aliphatic carbocycles. The molecule has 5 nitrogen and oxygen atoms in total. The van der Waals surface area contributed by atoms with Crippen LogP contribution < -0.4 is 0 Å². The van der Waals surface area contributed by atoms with Crippen molar-refractivity contribution in [1.82, 2.24) is 0 Å². The summed E-state index contributed by atoms with van der Waals surface area (Å²) in [7, 11) is 1.31. The first kappa shape index (κ1) is 19.1. The van der Waals surface area contributed by atoms with Crippen LogP contribution in [0.15, 0.2) is 60.7 Å². The number of benzene rings is 2. The maximum atomic E-state index is 11.6. The second-order valence-corrected chi connectivity index (χ2v) is 5.68. The van der Waals surface area contributed by atoms with E-state index in [-0.39, 0.29) is 13.0 Å². The van der Waals surface area contributed by atoms with Gasteiger partial charge in [0.25, 0.3) is 0 Å². The molecule has 0 amide bonds. The van der Waals surface area contributed by atoms with Crippen LogP contribution in [0.2, 0.25) is 0 Å². The average molecular weight is 344 g/mol. The molecule has 0 unspecified atom stereocenters. The van der Waals surface area contributed by atoms with E-state index in [9.17, 15) is 9.90 Å². The van der Waals surface area contributed by atoms with Crippen molar-refractivity contribution in [2.24, 2.45) is 0 Å². The molecule has 0 saturated carbocycles. The lowest BCUT2D eigenvalue weighted by Gasteiger charge is -2.22. The van der Waals surface area contributed by atoms with Gasteiger partial charge in [-0.1, -0.05) is 60.7 Å². The van der Waals surface area contributed by atoms with E-state index >= 15 is 0 Å². The van der Waals surface area contributed by atoms with Gasteiger partial charge in [0.05, 0.1) is 39.5 Å². The fraction of sp³-hybridized carbons (Fsp3) is 0.350. The number of ether oxygens (including phenoxy) is 3. The Morgan fingerprint density at radius 1 is 0.960 bits per heavy atom. The summed E-state index contributed by atoms with van der Waals surface area (Å²) >= 11 is 0. The van der Waals surface area contributed by atoms with Gasteiger partial charge in [0.15, 0.2) is 0 Å². The van der Waals surface area contributed by atoms with Gasteiger partial charge in [0.1, 0.15) is 6.10 Å². The van der Waals surface area contributed by atoms with Gasteiger partial charge in [0, 0.05) is 0 Å². The first-order valence-corrected chi connectivity index (χ1v) is 8.21. The van der Waals surface area contributed by atoms with Gasteiger partial charge in [-0.25, -0.2) is 0 Å². The summed E-state index contributed by atoms with van der Waals surface area (Å²) in [5.41, 5.74) is 1.99. The molecule has 5 heteroatoms. The van der Waals surface area contributed by atoms with Crippen molar-refractivity contribution in [3.05, 3.63) is 71.8 Å². The van der Waals surface area contributed by atoms with Gasteiger partial charge >= 0.3 is 5.97 Å². The third-order valence-electron chi connectivity index (χ3n) is 3.73. The Kier molecular flexibility index (Phi) is 8.12. The Bertz CT molecular complexity index is 614.